The first-order valence-electron chi connectivity index (χ1n) is 6.40. The van der Waals surface area contributed by atoms with E-state index in [-0.39, 0.29) is 11.5 Å². The molecule has 0 fully saturated rings. The topological polar surface area (TPSA) is 56.7 Å². The lowest BCUT2D eigenvalue weighted by Gasteiger charge is -2.34. The van der Waals surface area contributed by atoms with Crippen molar-refractivity contribution < 1.29 is 0 Å². The normalized spacial score (nSPS) is 21.2. The van der Waals surface area contributed by atoms with Crippen LogP contribution < -0.4 is 5.73 Å². The van der Waals surface area contributed by atoms with E-state index in [4.69, 9.17) is 5.73 Å². The summed E-state index contributed by atoms with van der Waals surface area (Å²) in [6.45, 7) is 4.53. The summed E-state index contributed by atoms with van der Waals surface area (Å²) in [5.41, 5.74) is 9.01. The Morgan fingerprint density at radius 2 is 2.16 bits per heavy atom. The summed E-state index contributed by atoms with van der Waals surface area (Å²) in [6.07, 6.45) is 7.58. The molecule has 0 aliphatic heterocycles. The first kappa shape index (κ1) is 12.8. The van der Waals surface area contributed by atoms with Crippen molar-refractivity contribution in [2.24, 2.45) is 11.1 Å². The van der Waals surface area contributed by atoms with Crippen LogP contribution in [0.15, 0.2) is 29.3 Å². The summed E-state index contributed by atoms with van der Waals surface area (Å²) >= 11 is 3.31. The summed E-state index contributed by atoms with van der Waals surface area (Å²) in [6, 6.07) is 2.22. The second-order valence-electron chi connectivity index (χ2n) is 5.94. The maximum atomic E-state index is 6.28. The number of nitrogens with two attached hydrogens (primary N) is 1. The molecule has 5 heteroatoms. The molecule has 0 amide bonds. The number of rotatable bonds is 1. The van der Waals surface area contributed by atoms with Gasteiger partial charge in [0.2, 0.25) is 0 Å². The lowest BCUT2D eigenvalue weighted by atomic mass is 9.74. The Hall–Kier alpha value is -1.20. The Kier molecular flexibility index (Phi) is 2.98. The van der Waals surface area contributed by atoms with Crippen LogP contribution >= 0.6 is 15.9 Å². The van der Waals surface area contributed by atoms with Gasteiger partial charge in [0.1, 0.15) is 4.60 Å². The summed E-state index contributed by atoms with van der Waals surface area (Å²) in [5, 5.41) is 0. The fourth-order valence-electron chi connectivity index (χ4n) is 2.88. The maximum Gasteiger partial charge on any atom is 0.155 e. The minimum Gasteiger partial charge on any atom is -0.324 e. The first-order chi connectivity index (χ1) is 8.96. The molecule has 2 aromatic heterocycles. The van der Waals surface area contributed by atoms with Crippen molar-refractivity contribution in [3.05, 3.63) is 40.5 Å². The summed E-state index contributed by atoms with van der Waals surface area (Å²) in [4.78, 5) is 8.66. The summed E-state index contributed by atoms with van der Waals surface area (Å²) in [7, 11) is 0. The fraction of sp³-hybridized carbons (Fsp3) is 0.429. The van der Waals surface area contributed by atoms with Gasteiger partial charge in [0.25, 0.3) is 0 Å². The minimum absolute atomic E-state index is 0.114. The molecule has 4 nitrogen and oxygen atoms in total. The predicted octanol–water partition coefficient (Wildman–Crippen LogP) is 3.00. The SMILES string of the molecule is CC1(C)Cc2c(ccn2-c2cnc(Br)cn2)C(N)C1. The van der Waals surface area contributed by atoms with Crippen molar-refractivity contribution in [2.75, 3.05) is 0 Å². The Morgan fingerprint density at radius 3 is 2.84 bits per heavy atom. The Bertz CT molecular complexity index is 600. The molecule has 0 aromatic carbocycles. The second-order valence-corrected chi connectivity index (χ2v) is 6.75. The monoisotopic (exact) mass is 320 g/mol. The van der Waals surface area contributed by atoms with E-state index >= 15 is 0 Å². The summed E-state index contributed by atoms with van der Waals surface area (Å²) < 4.78 is 2.85. The highest BCUT2D eigenvalue weighted by atomic mass is 79.9. The van der Waals surface area contributed by atoms with E-state index in [0.29, 0.717) is 0 Å². The molecule has 2 heterocycles. The van der Waals surface area contributed by atoms with Crippen LogP contribution in [0, 0.1) is 5.41 Å². The molecule has 0 saturated carbocycles. The zero-order valence-corrected chi connectivity index (χ0v) is 12.7. The molecule has 0 radical (unpaired) electrons. The minimum atomic E-state index is 0.114. The molecule has 0 spiro atoms. The van der Waals surface area contributed by atoms with Gasteiger partial charge in [0.15, 0.2) is 5.82 Å². The average Bonchev–Trinajstić information content (AvgIpc) is 2.72. The number of hydrogen-bond donors (Lipinski definition) is 1. The van der Waals surface area contributed by atoms with Crippen LogP contribution in [0.25, 0.3) is 5.82 Å². The fourth-order valence-corrected chi connectivity index (χ4v) is 3.08. The zero-order valence-electron chi connectivity index (χ0n) is 11.1. The predicted molar refractivity (Wildman–Crippen MR) is 78.1 cm³/mol. The number of aromatic nitrogens is 3. The number of nitrogens with zero attached hydrogens (tertiary/aromatic N) is 3. The molecule has 19 heavy (non-hydrogen) atoms. The molecule has 1 aliphatic rings. The smallest absolute Gasteiger partial charge is 0.155 e. The molecule has 100 valence electrons. The van der Waals surface area contributed by atoms with Crippen LogP contribution in [-0.4, -0.2) is 14.5 Å². The van der Waals surface area contributed by atoms with Gasteiger partial charge in [-0.1, -0.05) is 13.8 Å². The second kappa shape index (κ2) is 4.42. The van der Waals surface area contributed by atoms with Crippen LogP contribution in [-0.2, 0) is 6.42 Å². The van der Waals surface area contributed by atoms with Crippen LogP contribution in [0.4, 0.5) is 0 Å². The van der Waals surface area contributed by atoms with Crippen LogP contribution in [0.3, 0.4) is 0 Å². The number of hydrogen-bond acceptors (Lipinski definition) is 3. The van der Waals surface area contributed by atoms with Crippen molar-refractivity contribution in [1.82, 2.24) is 14.5 Å². The van der Waals surface area contributed by atoms with Crippen molar-refractivity contribution in [3.63, 3.8) is 0 Å². The Labute approximate surface area is 121 Å². The van der Waals surface area contributed by atoms with Crippen molar-refractivity contribution in [1.29, 1.82) is 0 Å². The lowest BCUT2D eigenvalue weighted by Crippen LogP contribution is -2.30. The third-order valence-corrected chi connectivity index (χ3v) is 4.11. The van der Waals surface area contributed by atoms with Gasteiger partial charge in [-0.25, -0.2) is 9.97 Å². The standard InChI is InChI=1S/C14H17BrN4/c1-14(2)5-10(16)9-3-4-19(11(9)6-14)13-8-17-12(15)7-18-13/h3-4,7-8,10H,5-6,16H2,1-2H3. The number of halogens is 1. The molecular weight excluding hydrogens is 304 g/mol. The van der Waals surface area contributed by atoms with Gasteiger partial charge < -0.3 is 10.3 Å². The van der Waals surface area contributed by atoms with Crippen LogP contribution in [0.5, 0.6) is 0 Å². The quantitative estimate of drug-likeness (QED) is 0.878. The molecular formula is C14H17BrN4. The molecule has 2 aromatic rings. The molecule has 1 atom stereocenters. The van der Waals surface area contributed by atoms with Gasteiger partial charge in [0, 0.05) is 17.9 Å². The van der Waals surface area contributed by atoms with Gasteiger partial charge >= 0.3 is 0 Å². The molecule has 1 aliphatic carbocycles. The maximum absolute atomic E-state index is 6.28. The Morgan fingerprint density at radius 1 is 1.37 bits per heavy atom. The molecule has 0 saturated heterocycles. The van der Waals surface area contributed by atoms with E-state index in [0.717, 1.165) is 23.3 Å². The lowest BCUT2D eigenvalue weighted by molar-refractivity contribution is 0.278. The van der Waals surface area contributed by atoms with Crippen LogP contribution in [0.2, 0.25) is 0 Å². The molecule has 3 rings (SSSR count). The molecule has 1 unspecified atom stereocenters. The van der Waals surface area contributed by atoms with E-state index < -0.39 is 0 Å². The molecule has 0 bridgehead atoms. The number of fused-ring (bicyclic) bond motifs is 1. The van der Waals surface area contributed by atoms with Crippen molar-refractivity contribution in [3.8, 4) is 5.82 Å². The van der Waals surface area contributed by atoms with E-state index in [1.165, 1.54) is 11.3 Å². The van der Waals surface area contributed by atoms with Crippen molar-refractivity contribution >= 4 is 15.9 Å². The highest BCUT2D eigenvalue weighted by Crippen LogP contribution is 2.40. The molecule has 2 N–H and O–H groups in total. The Balaban J connectivity index is 2.08. The van der Waals surface area contributed by atoms with E-state index in [1.54, 1.807) is 12.4 Å². The summed E-state index contributed by atoms with van der Waals surface area (Å²) in [5.74, 6) is 0.842. The van der Waals surface area contributed by atoms with Crippen molar-refractivity contribution in [2.45, 2.75) is 32.7 Å². The highest BCUT2D eigenvalue weighted by molar-refractivity contribution is 9.10. The van der Waals surface area contributed by atoms with Crippen LogP contribution in [0.1, 0.15) is 37.6 Å². The highest BCUT2D eigenvalue weighted by Gasteiger charge is 2.32. The van der Waals surface area contributed by atoms with Gasteiger partial charge in [-0.15, -0.1) is 0 Å². The average molecular weight is 321 g/mol. The van der Waals surface area contributed by atoms with E-state index in [1.807, 2.05) is 6.20 Å². The largest absolute Gasteiger partial charge is 0.324 e. The third-order valence-electron chi connectivity index (χ3n) is 3.70. The van der Waals surface area contributed by atoms with Gasteiger partial charge in [-0.3, -0.25) is 0 Å². The third kappa shape index (κ3) is 2.32. The van der Waals surface area contributed by atoms with Gasteiger partial charge in [-0.05, 0) is 45.8 Å². The first-order valence-corrected chi connectivity index (χ1v) is 7.19. The van der Waals surface area contributed by atoms with E-state index in [9.17, 15) is 0 Å². The van der Waals surface area contributed by atoms with Gasteiger partial charge in [-0.2, -0.15) is 0 Å². The van der Waals surface area contributed by atoms with E-state index in [2.05, 4.69) is 50.4 Å². The van der Waals surface area contributed by atoms with Gasteiger partial charge in [0.05, 0.1) is 12.4 Å². The zero-order chi connectivity index (χ0) is 13.6.